The van der Waals surface area contributed by atoms with E-state index in [1.165, 1.54) is 0 Å². The second-order valence-corrected chi connectivity index (χ2v) is 18.3. The van der Waals surface area contributed by atoms with Gasteiger partial charge in [-0.2, -0.15) is 0 Å². The van der Waals surface area contributed by atoms with E-state index in [0.29, 0.717) is 64.1 Å². The van der Waals surface area contributed by atoms with Crippen LogP contribution in [0.4, 0.5) is 0 Å². The molecule has 8 aromatic carbocycles. The van der Waals surface area contributed by atoms with E-state index < -0.39 is 0 Å². The van der Waals surface area contributed by atoms with Crippen molar-refractivity contribution in [2.75, 3.05) is 0 Å². The summed E-state index contributed by atoms with van der Waals surface area (Å²) in [4.78, 5) is 15.9. The summed E-state index contributed by atoms with van der Waals surface area (Å²) in [7, 11) is 0. The molecule has 1 aromatic heterocycles. The van der Waals surface area contributed by atoms with E-state index in [4.69, 9.17) is 28.4 Å². The van der Waals surface area contributed by atoms with Crippen LogP contribution in [-0.4, -0.2) is 4.57 Å². The summed E-state index contributed by atoms with van der Waals surface area (Å²) in [5.41, 5.74) is 7.46. The molecule has 1 atom stereocenters. The number of rotatable bonds is 25. The summed E-state index contributed by atoms with van der Waals surface area (Å²) in [6.07, 6.45) is 4.02. The molecule has 0 aliphatic carbocycles. The molecular formula is C65H63NO7. The van der Waals surface area contributed by atoms with Gasteiger partial charge in [0.1, 0.15) is 51.1 Å². The van der Waals surface area contributed by atoms with E-state index in [9.17, 15) is 0 Å². The van der Waals surface area contributed by atoms with Gasteiger partial charge in [-0.15, -0.1) is 0 Å². The van der Waals surface area contributed by atoms with Crippen molar-refractivity contribution in [3.8, 4) is 45.8 Å². The van der Waals surface area contributed by atoms with E-state index >= 15 is 4.79 Å². The average Bonchev–Trinajstić information content (AvgIpc) is 3.45. The van der Waals surface area contributed by atoms with Crippen LogP contribution in [0, 0.1) is 5.92 Å². The molecule has 9 rings (SSSR count). The van der Waals surface area contributed by atoms with Crippen molar-refractivity contribution in [2.24, 2.45) is 5.92 Å². The Bertz CT molecular complexity index is 3120. The van der Waals surface area contributed by atoms with Crippen LogP contribution in [0.1, 0.15) is 72.9 Å². The molecule has 73 heavy (non-hydrogen) atoms. The Labute approximate surface area is 429 Å². The summed E-state index contributed by atoms with van der Waals surface area (Å²) in [6.45, 7) is 6.52. The lowest BCUT2D eigenvalue weighted by Gasteiger charge is -2.27. The highest BCUT2D eigenvalue weighted by molar-refractivity contribution is 5.92. The third-order valence-electron chi connectivity index (χ3n) is 13.0. The first-order chi connectivity index (χ1) is 36.0. The van der Waals surface area contributed by atoms with Crippen molar-refractivity contribution in [1.82, 2.24) is 4.57 Å². The predicted molar refractivity (Wildman–Crippen MR) is 292 cm³/mol. The molecule has 0 saturated heterocycles. The molecule has 0 aliphatic rings. The van der Waals surface area contributed by atoms with Crippen LogP contribution in [-0.2, 0) is 46.2 Å². The van der Waals surface area contributed by atoms with Gasteiger partial charge >= 0.3 is 0 Å². The normalized spacial score (nSPS) is 11.5. The molecule has 0 saturated carbocycles. The first-order valence-corrected chi connectivity index (χ1v) is 25.5. The van der Waals surface area contributed by atoms with Crippen LogP contribution < -0.4 is 33.8 Å². The second-order valence-electron chi connectivity index (χ2n) is 18.3. The fourth-order valence-electron chi connectivity index (χ4n) is 8.94. The van der Waals surface area contributed by atoms with Crippen LogP contribution in [0.25, 0.3) is 22.2 Å². The smallest absolute Gasteiger partial charge is 0.235 e. The summed E-state index contributed by atoms with van der Waals surface area (Å²) in [6, 6.07) is 68.0. The first-order valence-electron chi connectivity index (χ1n) is 25.5. The van der Waals surface area contributed by atoms with Gasteiger partial charge in [-0.05, 0) is 57.9 Å². The maximum Gasteiger partial charge on any atom is 0.235 e. The number of aromatic nitrogens is 1. The van der Waals surface area contributed by atoms with Gasteiger partial charge in [-0.3, -0.25) is 4.79 Å². The fourth-order valence-corrected chi connectivity index (χ4v) is 8.94. The third kappa shape index (κ3) is 13.2. The van der Waals surface area contributed by atoms with Crippen LogP contribution >= 0.6 is 0 Å². The zero-order valence-corrected chi connectivity index (χ0v) is 41.8. The molecule has 0 aliphatic heterocycles. The van der Waals surface area contributed by atoms with E-state index in [0.717, 1.165) is 59.1 Å². The molecule has 1 unspecified atom stereocenters. The highest BCUT2D eigenvalue weighted by Gasteiger charge is 2.28. The van der Waals surface area contributed by atoms with Crippen molar-refractivity contribution in [3.63, 3.8) is 0 Å². The SMILES string of the molecule is CCCCC(CC)Cn1c(-c2cc(OCc3ccccc3)c(OCc3ccccc3)c(OCc3ccccc3)c2)c(OCc2ccccc2)c(=O)c2c(OCc3ccccc3)cc(OCc3ccccc3)cc21. The number of benzene rings is 8. The van der Waals surface area contributed by atoms with Gasteiger partial charge in [0.15, 0.2) is 17.2 Å². The third-order valence-corrected chi connectivity index (χ3v) is 13.0. The molecule has 9 aromatic rings. The van der Waals surface area contributed by atoms with Crippen molar-refractivity contribution in [1.29, 1.82) is 0 Å². The number of hydrogen-bond donors (Lipinski definition) is 0. The molecular weight excluding hydrogens is 907 g/mol. The number of ether oxygens (including phenoxy) is 6. The van der Waals surface area contributed by atoms with E-state index in [1.807, 2.05) is 206 Å². The zero-order valence-electron chi connectivity index (χ0n) is 41.8. The molecule has 370 valence electrons. The topological polar surface area (TPSA) is 77.4 Å². The Morgan fingerprint density at radius 1 is 0.425 bits per heavy atom. The molecule has 8 nitrogen and oxygen atoms in total. The van der Waals surface area contributed by atoms with Gasteiger partial charge in [0, 0.05) is 24.2 Å². The Balaban J connectivity index is 1.31. The minimum absolute atomic E-state index is 0.146. The standard InChI is InChI=1S/C65H63NO7/c1-3-5-24-48(4-2)41-66-57-39-56(68-42-49-25-12-6-13-26-49)40-58(69-43-50-27-14-7-15-28-50)61(57)63(67)65(73-47-54-35-22-11-23-36-54)62(66)55-37-59(70-44-51-29-16-8-17-30-51)64(72-46-53-33-20-10-21-34-53)60(38-55)71-45-52-31-18-9-19-32-52/h6-23,25-40,48H,3-5,24,41-47H2,1-2H3. The average molecular weight is 970 g/mol. The Morgan fingerprint density at radius 3 is 1.22 bits per heavy atom. The lowest BCUT2D eigenvalue weighted by Crippen LogP contribution is -2.21. The van der Waals surface area contributed by atoms with Gasteiger partial charge in [0.2, 0.25) is 11.2 Å². The molecule has 0 spiro atoms. The molecule has 0 radical (unpaired) electrons. The summed E-state index contributed by atoms with van der Waals surface area (Å²) < 4.78 is 43.1. The maximum absolute atomic E-state index is 15.9. The fraction of sp³-hybridized carbons (Fsp3) is 0.215. The van der Waals surface area contributed by atoms with Crippen LogP contribution in [0.2, 0.25) is 0 Å². The van der Waals surface area contributed by atoms with Crippen LogP contribution in [0.5, 0.6) is 34.5 Å². The lowest BCUT2D eigenvalue weighted by atomic mass is 9.97. The number of unbranched alkanes of at least 4 members (excludes halogenated alkanes) is 1. The maximum atomic E-state index is 15.9. The molecule has 0 amide bonds. The number of pyridine rings is 1. The number of fused-ring (bicyclic) bond motifs is 1. The highest BCUT2D eigenvalue weighted by atomic mass is 16.5. The summed E-state index contributed by atoms with van der Waals surface area (Å²) in [5, 5.41) is 0.407. The van der Waals surface area contributed by atoms with E-state index in [-0.39, 0.29) is 50.1 Å². The van der Waals surface area contributed by atoms with E-state index in [1.54, 1.807) is 0 Å². The van der Waals surface area contributed by atoms with Gasteiger partial charge < -0.3 is 33.0 Å². The molecule has 8 heteroatoms. The summed E-state index contributed by atoms with van der Waals surface area (Å²) in [5.74, 6) is 2.76. The van der Waals surface area contributed by atoms with Gasteiger partial charge in [-0.25, -0.2) is 0 Å². The van der Waals surface area contributed by atoms with Crippen molar-refractivity contribution in [3.05, 3.63) is 250 Å². The number of nitrogens with zero attached hydrogens (tertiary/aromatic N) is 1. The quantitative estimate of drug-likeness (QED) is 0.0565. The van der Waals surface area contributed by atoms with E-state index in [2.05, 4.69) is 18.4 Å². The van der Waals surface area contributed by atoms with Gasteiger partial charge in [0.25, 0.3) is 0 Å². The molecule has 0 fully saturated rings. The predicted octanol–water partition coefficient (Wildman–Crippen LogP) is 15.4. The molecule has 1 heterocycles. The minimum Gasteiger partial charge on any atom is -0.489 e. The van der Waals surface area contributed by atoms with Gasteiger partial charge in [0.05, 0.1) is 16.6 Å². The molecule has 0 N–H and O–H groups in total. The Kier molecular flexibility index (Phi) is 17.2. The first kappa shape index (κ1) is 49.7. The second kappa shape index (κ2) is 25.2. The monoisotopic (exact) mass is 969 g/mol. The minimum atomic E-state index is -0.306. The summed E-state index contributed by atoms with van der Waals surface area (Å²) >= 11 is 0. The Hall–Kier alpha value is -8.23. The Morgan fingerprint density at radius 2 is 0.808 bits per heavy atom. The van der Waals surface area contributed by atoms with Gasteiger partial charge in [-0.1, -0.05) is 215 Å². The highest BCUT2D eigenvalue weighted by Crippen LogP contribution is 2.46. The zero-order chi connectivity index (χ0) is 50.0. The van der Waals surface area contributed by atoms with Crippen molar-refractivity contribution >= 4 is 10.9 Å². The van der Waals surface area contributed by atoms with Crippen LogP contribution in [0.3, 0.4) is 0 Å². The number of hydrogen-bond acceptors (Lipinski definition) is 7. The van der Waals surface area contributed by atoms with Crippen molar-refractivity contribution < 1.29 is 28.4 Å². The van der Waals surface area contributed by atoms with Crippen LogP contribution in [0.15, 0.2) is 211 Å². The molecule has 0 bridgehead atoms. The van der Waals surface area contributed by atoms with Crippen molar-refractivity contribution in [2.45, 2.75) is 85.7 Å². The lowest BCUT2D eigenvalue weighted by molar-refractivity contribution is 0.230. The largest absolute Gasteiger partial charge is 0.489 e.